The van der Waals surface area contributed by atoms with Gasteiger partial charge in [-0.3, -0.25) is 4.79 Å². The highest BCUT2D eigenvalue weighted by Gasteiger charge is 2.14. The molecule has 0 fully saturated rings. The van der Waals surface area contributed by atoms with Crippen LogP contribution in [0.1, 0.15) is 21.5 Å². The van der Waals surface area contributed by atoms with E-state index >= 15 is 0 Å². The Labute approximate surface area is 180 Å². The lowest BCUT2D eigenvalue weighted by molar-refractivity contribution is 0.102. The molecule has 3 aromatic rings. The van der Waals surface area contributed by atoms with Gasteiger partial charge in [0.15, 0.2) is 0 Å². The van der Waals surface area contributed by atoms with Crippen LogP contribution in [0.4, 0.5) is 5.69 Å². The van der Waals surface area contributed by atoms with Crippen LogP contribution in [0.2, 0.25) is 5.02 Å². The molecular formula is C23H22ClNO3S. The van der Waals surface area contributed by atoms with Gasteiger partial charge in [0, 0.05) is 28.3 Å². The van der Waals surface area contributed by atoms with Crippen LogP contribution >= 0.6 is 23.4 Å². The van der Waals surface area contributed by atoms with Crippen molar-refractivity contribution in [3.8, 4) is 11.5 Å². The molecule has 0 aliphatic carbocycles. The van der Waals surface area contributed by atoms with Gasteiger partial charge in [-0.25, -0.2) is 0 Å². The fraction of sp³-hybridized carbons (Fsp3) is 0.174. The van der Waals surface area contributed by atoms with Gasteiger partial charge in [-0.05, 0) is 36.8 Å². The summed E-state index contributed by atoms with van der Waals surface area (Å²) >= 11 is 7.88. The van der Waals surface area contributed by atoms with Gasteiger partial charge in [0.05, 0.1) is 24.9 Å². The Morgan fingerprint density at radius 1 is 0.966 bits per heavy atom. The van der Waals surface area contributed by atoms with Crippen LogP contribution in [0.3, 0.4) is 0 Å². The summed E-state index contributed by atoms with van der Waals surface area (Å²) in [5.41, 5.74) is 3.46. The number of aryl methyl sites for hydroxylation is 1. The van der Waals surface area contributed by atoms with Gasteiger partial charge >= 0.3 is 0 Å². The number of hydrogen-bond acceptors (Lipinski definition) is 4. The predicted octanol–water partition coefficient (Wildman–Crippen LogP) is 6.21. The van der Waals surface area contributed by atoms with E-state index < -0.39 is 0 Å². The summed E-state index contributed by atoms with van der Waals surface area (Å²) in [6.45, 7) is 2.08. The largest absolute Gasteiger partial charge is 0.495 e. The molecule has 1 amide bonds. The summed E-state index contributed by atoms with van der Waals surface area (Å²) in [6, 6.07) is 19.3. The van der Waals surface area contributed by atoms with E-state index in [-0.39, 0.29) is 5.91 Å². The quantitative estimate of drug-likeness (QED) is 0.455. The molecule has 29 heavy (non-hydrogen) atoms. The molecule has 6 heteroatoms. The number of nitrogens with one attached hydrogen (secondary N) is 1. The number of amides is 1. The van der Waals surface area contributed by atoms with E-state index in [2.05, 4.69) is 36.5 Å². The average Bonchev–Trinajstić information content (AvgIpc) is 2.74. The summed E-state index contributed by atoms with van der Waals surface area (Å²) in [6.07, 6.45) is 0. The van der Waals surface area contributed by atoms with E-state index in [1.165, 1.54) is 24.7 Å². The van der Waals surface area contributed by atoms with Gasteiger partial charge in [-0.2, -0.15) is 0 Å². The second-order valence-electron chi connectivity index (χ2n) is 6.44. The summed E-state index contributed by atoms with van der Waals surface area (Å²) in [5.74, 6) is 1.54. The first-order chi connectivity index (χ1) is 14.0. The van der Waals surface area contributed by atoms with Gasteiger partial charge < -0.3 is 14.8 Å². The lowest BCUT2D eigenvalue weighted by atomic mass is 10.1. The van der Waals surface area contributed by atoms with Crippen LogP contribution in [0.5, 0.6) is 11.5 Å². The summed E-state index contributed by atoms with van der Waals surface area (Å²) in [4.78, 5) is 13.9. The number of carbonyl (C=O) groups excluding carboxylic acids is 1. The van der Waals surface area contributed by atoms with E-state index in [0.29, 0.717) is 27.8 Å². The molecule has 3 aromatic carbocycles. The lowest BCUT2D eigenvalue weighted by Gasteiger charge is -2.13. The molecule has 1 N–H and O–H groups in total. The number of anilines is 1. The lowest BCUT2D eigenvalue weighted by Crippen LogP contribution is -2.12. The van der Waals surface area contributed by atoms with Crippen molar-refractivity contribution in [2.45, 2.75) is 17.6 Å². The first kappa shape index (κ1) is 21.1. The molecule has 0 saturated heterocycles. The zero-order valence-corrected chi connectivity index (χ0v) is 18.1. The van der Waals surface area contributed by atoms with Crippen molar-refractivity contribution in [1.82, 2.24) is 0 Å². The number of ether oxygens (including phenoxy) is 2. The van der Waals surface area contributed by atoms with Gasteiger partial charge in [0.2, 0.25) is 0 Å². The van der Waals surface area contributed by atoms with Crippen molar-refractivity contribution in [2.24, 2.45) is 0 Å². The van der Waals surface area contributed by atoms with Crippen molar-refractivity contribution in [1.29, 1.82) is 0 Å². The van der Waals surface area contributed by atoms with E-state index in [4.69, 9.17) is 21.1 Å². The fourth-order valence-corrected chi connectivity index (χ4v) is 3.79. The monoisotopic (exact) mass is 427 g/mol. The third kappa shape index (κ3) is 5.46. The number of methoxy groups -OCH3 is 2. The van der Waals surface area contributed by atoms with Crippen molar-refractivity contribution < 1.29 is 14.3 Å². The maximum Gasteiger partial charge on any atom is 0.255 e. The normalized spacial score (nSPS) is 10.5. The number of rotatable bonds is 7. The van der Waals surface area contributed by atoms with Crippen LogP contribution in [0, 0.1) is 6.92 Å². The zero-order chi connectivity index (χ0) is 20.8. The molecule has 3 rings (SSSR count). The Bertz CT molecular complexity index is 988. The van der Waals surface area contributed by atoms with E-state index in [1.54, 1.807) is 23.9 Å². The van der Waals surface area contributed by atoms with Gasteiger partial charge in [0.1, 0.15) is 11.5 Å². The van der Waals surface area contributed by atoms with Crippen molar-refractivity contribution in [2.75, 3.05) is 19.5 Å². The van der Waals surface area contributed by atoms with Gasteiger partial charge in [-0.1, -0.05) is 41.4 Å². The summed E-state index contributed by atoms with van der Waals surface area (Å²) < 4.78 is 10.5. The molecule has 150 valence electrons. The number of thioether (sulfide) groups is 1. The first-order valence-corrected chi connectivity index (χ1v) is 10.4. The minimum Gasteiger partial charge on any atom is -0.495 e. The maximum absolute atomic E-state index is 12.6. The van der Waals surface area contributed by atoms with E-state index in [1.807, 2.05) is 24.3 Å². The molecule has 0 spiro atoms. The Kier molecular flexibility index (Phi) is 7.07. The molecule has 0 radical (unpaired) electrons. The molecule has 0 aliphatic heterocycles. The van der Waals surface area contributed by atoms with Crippen molar-refractivity contribution >= 4 is 35.0 Å². The summed E-state index contributed by atoms with van der Waals surface area (Å²) in [7, 11) is 3.04. The SMILES string of the molecule is COc1cc(NC(=O)c2ccc(CSc3ccc(C)cc3)cc2)c(OC)cc1Cl. The smallest absolute Gasteiger partial charge is 0.255 e. The molecule has 0 atom stereocenters. The number of benzene rings is 3. The molecule has 0 bridgehead atoms. The third-order valence-corrected chi connectivity index (χ3v) is 5.74. The van der Waals surface area contributed by atoms with E-state index in [9.17, 15) is 4.79 Å². The second-order valence-corrected chi connectivity index (χ2v) is 7.90. The first-order valence-electron chi connectivity index (χ1n) is 9.01. The zero-order valence-electron chi connectivity index (χ0n) is 16.5. The molecule has 0 unspecified atom stereocenters. The minimum absolute atomic E-state index is 0.231. The molecule has 4 nitrogen and oxygen atoms in total. The van der Waals surface area contributed by atoms with Crippen molar-refractivity contribution in [3.05, 3.63) is 82.4 Å². The molecule has 0 aliphatic rings. The van der Waals surface area contributed by atoms with Crippen LogP contribution in [-0.4, -0.2) is 20.1 Å². The third-order valence-electron chi connectivity index (χ3n) is 4.36. The molecule has 0 saturated carbocycles. The van der Waals surface area contributed by atoms with Gasteiger partial charge in [0.25, 0.3) is 5.91 Å². The topological polar surface area (TPSA) is 47.6 Å². The summed E-state index contributed by atoms with van der Waals surface area (Å²) in [5, 5.41) is 3.27. The Balaban J connectivity index is 1.66. The Hall–Kier alpha value is -2.63. The van der Waals surface area contributed by atoms with Crippen molar-refractivity contribution in [3.63, 3.8) is 0 Å². The number of carbonyl (C=O) groups is 1. The maximum atomic E-state index is 12.6. The van der Waals surface area contributed by atoms with Crippen LogP contribution in [-0.2, 0) is 5.75 Å². The van der Waals surface area contributed by atoms with Crippen LogP contribution < -0.4 is 14.8 Å². The van der Waals surface area contributed by atoms with Gasteiger partial charge in [-0.15, -0.1) is 11.8 Å². The number of hydrogen-bond donors (Lipinski definition) is 1. The van der Waals surface area contributed by atoms with Crippen LogP contribution in [0.15, 0.2) is 65.6 Å². The highest BCUT2D eigenvalue weighted by Crippen LogP contribution is 2.36. The Morgan fingerprint density at radius 3 is 2.24 bits per heavy atom. The second kappa shape index (κ2) is 9.72. The Morgan fingerprint density at radius 2 is 1.62 bits per heavy atom. The molecular weight excluding hydrogens is 406 g/mol. The average molecular weight is 428 g/mol. The highest BCUT2D eigenvalue weighted by atomic mass is 35.5. The minimum atomic E-state index is -0.231. The number of halogens is 1. The van der Waals surface area contributed by atoms with E-state index in [0.717, 1.165) is 11.3 Å². The molecule has 0 heterocycles. The van der Waals surface area contributed by atoms with Crippen LogP contribution in [0.25, 0.3) is 0 Å². The standard InChI is InChI=1S/C23H22ClNO3S/c1-15-4-10-18(11-5-15)29-14-16-6-8-17(9-7-16)23(26)25-20-13-21(27-2)19(24)12-22(20)28-3/h4-13H,14H2,1-3H3,(H,25,26). The molecule has 0 aromatic heterocycles. The fourth-order valence-electron chi connectivity index (χ4n) is 2.71. The highest BCUT2D eigenvalue weighted by molar-refractivity contribution is 7.98. The predicted molar refractivity (Wildman–Crippen MR) is 120 cm³/mol.